The van der Waals surface area contributed by atoms with E-state index in [-0.39, 0.29) is 0 Å². The van der Waals surface area contributed by atoms with E-state index in [0.29, 0.717) is 12.6 Å². The molecule has 0 bridgehead atoms. The summed E-state index contributed by atoms with van der Waals surface area (Å²) in [7, 11) is 1.71. The maximum Gasteiger partial charge on any atom is 0.0729 e. The molecule has 2 aromatic rings. The Bertz CT molecular complexity index is 502. The van der Waals surface area contributed by atoms with Crippen molar-refractivity contribution < 1.29 is 4.74 Å². The molecule has 2 rings (SSSR count). The molecule has 4 nitrogen and oxygen atoms in total. The van der Waals surface area contributed by atoms with Crippen LogP contribution in [0, 0.1) is 0 Å². The lowest BCUT2D eigenvalue weighted by Gasteiger charge is -2.06. The SMILES string of the molecule is COCc1ccc(CNc2cnn(C(C)C)c2)cc1. The summed E-state index contributed by atoms with van der Waals surface area (Å²) in [6.45, 7) is 5.70. The van der Waals surface area contributed by atoms with Crippen LogP contribution < -0.4 is 5.32 Å². The Morgan fingerprint density at radius 1 is 1.21 bits per heavy atom. The fourth-order valence-corrected chi connectivity index (χ4v) is 1.84. The quantitative estimate of drug-likeness (QED) is 0.865. The normalized spacial score (nSPS) is 10.9. The molecule has 19 heavy (non-hydrogen) atoms. The fourth-order valence-electron chi connectivity index (χ4n) is 1.84. The highest BCUT2D eigenvalue weighted by Gasteiger charge is 2.01. The Labute approximate surface area is 114 Å². The minimum absolute atomic E-state index is 0.392. The zero-order valence-corrected chi connectivity index (χ0v) is 11.8. The summed E-state index contributed by atoms with van der Waals surface area (Å²) in [5.41, 5.74) is 3.49. The van der Waals surface area contributed by atoms with Crippen LogP contribution in [0.4, 0.5) is 5.69 Å². The molecule has 0 aliphatic heterocycles. The molecule has 0 aliphatic carbocycles. The Morgan fingerprint density at radius 2 is 1.89 bits per heavy atom. The minimum Gasteiger partial charge on any atom is -0.380 e. The van der Waals surface area contributed by atoms with Gasteiger partial charge in [-0.1, -0.05) is 24.3 Å². The summed E-state index contributed by atoms with van der Waals surface area (Å²) in [5, 5.41) is 7.68. The molecule has 0 aliphatic rings. The van der Waals surface area contributed by atoms with Gasteiger partial charge in [-0.15, -0.1) is 0 Å². The number of methoxy groups -OCH3 is 1. The first-order chi connectivity index (χ1) is 9.19. The number of nitrogens with zero attached hydrogens (tertiary/aromatic N) is 2. The molecule has 102 valence electrons. The van der Waals surface area contributed by atoms with E-state index < -0.39 is 0 Å². The lowest BCUT2D eigenvalue weighted by Crippen LogP contribution is -2.01. The second-order valence-electron chi connectivity index (χ2n) is 4.91. The van der Waals surface area contributed by atoms with Crippen molar-refractivity contribution in [1.29, 1.82) is 0 Å². The number of ether oxygens (including phenoxy) is 1. The first-order valence-corrected chi connectivity index (χ1v) is 6.54. The molecule has 0 fully saturated rings. The number of hydrogen-bond acceptors (Lipinski definition) is 3. The highest BCUT2D eigenvalue weighted by molar-refractivity contribution is 5.39. The van der Waals surface area contributed by atoms with Crippen molar-refractivity contribution in [3.63, 3.8) is 0 Å². The molecule has 1 aromatic heterocycles. The van der Waals surface area contributed by atoms with Gasteiger partial charge in [-0.2, -0.15) is 5.10 Å². The Kier molecular flexibility index (Phi) is 4.58. The van der Waals surface area contributed by atoms with Crippen molar-refractivity contribution in [3.8, 4) is 0 Å². The summed E-state index contributed by atoms with van der Waals surface area (Å²) >= 11 is 0. The topological polar surface area (TPSA) is 39.1 Å². The molecule has 0 unspecified atom stereocenters. The van der Waals surface area contributed by atoms with E-state index in [2.05, 4.69) is 48.5 Å². The van der Waals surface area contributed by atoms with Gasteiger partial charge in [0.25, 0.3) is 0 Å². The monoisotopic (exact) mass is 259 g/mol. The van der Waals surface area contributed by atoms with Gasteiger partial charge >= 0.3 is 0 Å². The Hall–Kier alpha value is -1.81. The average molecular weight is 259 g/mol. The predicted molar refractivity (Wildman–Crippen MR) is 77.1 cm³/mol. The zero-order chi connectivity index (χ0) is 13.7. The minimum atomic E-state index is 0.392. The first-order valence-electron chi connectivity index (χ1n) is 6.54. The molecule has 0 saturated carbocycles. The van der Waals surface area contributed by atoms with Gasteiger partial charge in [-0.05, 0) is 25.0 Å². The third-order valence-electron chi connectivity index (χ3n) is 2.96. The summed E-state index contributed by atoms with van der Waals surface area (Å²) < 4.78 is 7.04. The lowest BCUT2D eigenvalue weighted by molar-refractivity contribution is 0.185. The zero-order valence-electron chi connectivity index (χ0n) is 11.8. The number of aromatic nitrogens is 2. The Balaban J connectivity index is 1.90. The van der Waals surface area contributed by atoms with Crippen LogP contribution in [0.3, 0.4) is 0 Å². The van der Waals surface area contributed by atoms with Crippen LogP contribution in [0.5, 0.6) is 0 Å². The number of anilines is 1. The van der Waals surface area contributed by atoms with Crippen molar-refractivity contribution in [2.75, 3.05) is 12.4 Å². The van der Waals surface area contributed by atoms with E-state index >= 15 is 0 Å². The van der Waals surface area contributed by atoms with Crippen LogP contribution in [-0.4, -0.2) is 16.9 Å². The van der Waals surface area contributed by atoms with Gasteiger partial charge < -0.3 is 10.1 Å². The number of rotatable bonds is 6. The molecule has 1 heterocycles. The van der Waals surface area contributed by atoms with Gasteiger partial charge in [-0.25, -0.2) is 0 Å². The number of benzene rings is 1. The highest BCUT2D eigenvalue weighted by Crippen LogP contribution is 2.12. The molecule has 1 aromatic carbocycles. The van der Waals surface area contributed by atoms with E-state index in [1.54, 1.807) is 7.11 Å². The molecule has 0 atom stereocenters. The molecule has 0 spiro atoms. The van der Waals surface area contributed by atoms with Gasteiger partial charge in [0.15, 0.2) is 0 Å². The van der Waals surface area contributed by atoms with Gasteiger partial charge in [0.1, 0.15) is 0 Å². The third kappa shape index (κ3) is 3.83. The summed E-state index contributed by atoms with van der Waals surface area (Å²) in [4.78, 5) is 0. The standard InChI is InChI=1S/C15H21N3O/c1-12(2)18-10-15(9-17-18)16-8-13-4-6-14(7-5-13)11-19-3/h4-7,9-10,12,16H,8,11H2,1-3H3. The van der Waals surface area contributed by atoms with Crippen LogP contribution in [0.15, 0.2) is 36.7 Å². The molecular weight excluding hydrogens is 238 g/mol. The Morgan fingerprint density at radius 3 is 2.47 bits per heavy atom. The second-order valence-corrected chi connectivity index (χ2v) is 4.91. The molecule has 1 N–H and O–H groups in total. The maximum atomic E-state index is 5.10. The van der Waals surface area contributed by atoms with E-state index in [4.69, 9.17) is 4.74 Å². The fraction of sp³-hybridized carbons (Fsp3) is 0.400. The van der Waals surface area contributed by atoms with E-state index in [0.717, 1.165) is 12.2 Å². The number of nitrogens with one attached hydrogen (secondary N) is 1. The molecular formula is C15H21N3O. The van der Waals surface area contributed by atoms with Gasteiger partial charge in [-0.3, -0.25) is 4.68 Å². The lowest BCUT2D eigenvalue weighted by atomic mass is 10.1. The molecule has 0 saturated heterocycles. The first kappa shape index (κ1) is 13.6. The average Bonchev–Trinajstić information content (AvgIpc) is 2.87. The van der Waals surface area contributed by atoms with Gasteiger partial charge in [0, 0.05) is 25.9 Å². The van der Waals surface area contributed by atoms with E-state index in [1.165, 1.54) is 11.1 Å². The second kappa shape index (κ2) is 6.38. The van der Waals surface area contributed by atoms with E-state index in [9.17, 15) is 0 Å². The van der Waals surface area contributed by atoms with Gasteiger partial charge in [0.2, 0.25) is 0 Å². The van der Waals surface area contributed by atoms with Crippen LogP contribution in [-0.2, 0) is 17.9 Å². The predicted octanol–water partition coefficient (Wildman–Crippen LogP) is 3.22. The number of hydrogen-bond donors (Lipinski definition) is 1. The summed E-state index contributed by atoms with van der Waals surface area (Å²) in [6.07, 6.45) is 3.89. The maximum absolute atomic E-state index is 5.10. The molecule has 0 radical (unpaired) electrons. The van der Waals surface area contributed by atoms with Crippen LogP contribution in [0.1, 0.15) is 31.0 Å². The molecule has 4 heteroatoms. The van der Waals surface area contributed by atoms with Crippen molar-refractivity contribution in [2.45, 2.75) is 33.0 Å². The summed E-state index contributed by atoms with van der Waals surface area (Å²) in [5.74, 6) is 0. The van der Waals surface area contributed by atoms with Crippen molar-refractivity contribution >= 4 is 5.69 Å². The summed E-state index contributed by atoms with van der Waals surface area (Å²) in [6, 6.07) is 8.82. The third-order valence-corrected chi connectivity index (χ3v) is 2.96. The van der Waals surface area contributed by atoms with Gasteiger partial charge in [0.05, 0.1) is 18.5 Å². The van der Waals surface area contributed by atoms with E-state index in [1.807, 2.05) is 17.1 Å². The van der Waals surface area contributed by atoms with Crippen molar-refractivity contribution in [3.05, 3.63) is 47.8 Å². The van der Waals surface area contributed by atoms with Crippen molar-refractivity contribution in [2.24, 2.45) is 0 Å². The van der Waals surface area contributed by atoms with Crippen molar-refractivity contribution in [1.82, 2.24) is 9.78 Å². The van der Waals surface area contributed by atoms with Crippen LogP contribution in [0.2, 0.25) is 0 Å². The van der Waals surface area contributed by atoms with Crippen LogP contribution >= 0.6 is 0 Å². The largest absolute Gasteiger partial charge is 0.380 e. The van der Waals surface area contributed by atoms with Crippen LogP contribution in [0.25, 0.3) is 0 Å². The highest BCUT2D eigenvalue weighted by atomic mass is 16.5. The smallest absolute Gasteiger partial charge is 0.0729 e. The molecule has 0 amide bonds.